The van der Waals surface area contributed by atoms with E-state index < -0.39 is 6.10 Å². The van der Waals surface area contributed by atoms with Gasteiger partial charge in [0.25, 0.3) is 0 Å². The molecule has 4 aromatic rings. The number of hydrogen-bond acceptors (Lipinski definition) is 6. The largest absolute Gasteiger partial charge is 0.507 e. The van der Waals surface area contributed by atoms with Gasteiger partial charge in [-0.1, -0.05) is 30.3 Å². The number of phenolic OH excluding ortho intramolecular Hbond substituents is 1. The highest BCUT2D eigenvalue weighted by atomic mass is 16.5. The number of nitrogens with one attached hydrogen (secondary N) is 1. The highest BCUT2D eigenvalue weighted by molar-refractivity contribution is 5.93. The first-order valence-corrected chi connectivity index (χ1v) is 10.9. The van der Waals surface area contributed by atoms with Gasteiger partial charge < -0.3 is 24.7 Å². The van der Waals surface area contributed by atoms with Gasteiger partial charge in [-0.25, -0.2) is 0 Å². The standard InChI is InChI=1S/C26H25NO5/c28-19(14-27-18-9-8-16-4-1-2-5-17(16)12-18)15-31-20-10-11-21-24(13-20)32-23-7-3-6-22(29)25(23)26(21)30/h1-7,10-11,13,18-19,27-29H,8-9,12,14-15H2. The predicted molar refractivity (Wildman–Crippen MR) is 123 cm³/mol. The lowest BCUT2D eigenvalue weighted by Crippen LogP contribution is -2.40. The van der Waals surface area contributed by atoms with Gasteiger partial charge in [0.1, 0.15) is 40.8 Å². The van der Waals surface area contributed by atoms with Crippen LogP contribution in [0.25, 0.3) is 21.9 Å². The van der Waals surface area contributed by atoms with E-state index in [4.69, 9.17) is 9.15 Å². The zero-order valence-corrected chi connectivity index (χ0v) is 17.6. The van der Waals surface area contributed by atoms with Crippen molar-refractivity contribution in [2.45, 2.75) is 31.4 Å². The van der Waals surface area contributed by atoms with E-state index in [2.05, 4.69) is 29.6 Å². The second kappa shape index (κ2) is 8.65. The van der Waals surface area contributed by atoms with E-state index in [1.807, 2.05) is 0 Å². The first-order valence-electron chi connectivity index (χ1n) is 10.9. The van der Waals surface area contributed by atoms with Crippen LogP contribution in [-0.2, 0) is 12.8 Å². The lowest BCUT2D eigenvalue weighted by Gasteiger charge is -2.26. The smallest absolute Gasteiger partial charge is 0.204 e. The van der Waals surface area contributed by atoms with Gasteiger partial charge >= 0.3 is 0 Å². The van der Waals surface area contributed by atoms with Crippen LogP contribution in [0.15, 0.2) is 69.9 Å². The number of fused-ring (bicyclic) bond motifs is 3. The molecular formula is C26H25NO5. The fourth-order valence-corrected chi connectivity index (χ4v) is 4.38. The van der Waals surface area contributed by atoms with Gasteiger partial charge in [-0.05, 0) is 54.7 Å². The Hall–Kier alpha value is -3.35. The summed E-state index contributed by atoms with van der Waals surface area (Å²) >= 11 is 0. The molecule has 3 N–H and O–H groups in total. The molecule has 1 aliphatic rings. The Bertz CT molecular complexity index is 1330. The highest BCUT2D eigenvalue weighted by Crippen LogP contribution is 2.27. The molecule has 0 saturated heterocycles. The van der Waals surface area contributed by atoms with Gasteiger partial charge in [-0.15, -0.1) is 0 Å². The fourth-order valence-electron chi connectivity index (χ4n) is 4.38. The average molecular weight is 431 g/mol. The first-order chi connectivity index (χ1) is 15.6. The number of ether oxygens (including phenoxy) is 1. The number of aromatic hydroxyl groups is 1. The molecule has 2 unspecified atom stereocenters. The molecule has 1 aliphatic carbocycles. The molecular weight excluding hydrogens is 406 g/mol. The van der Waals surface area contributed by atoms with Gasteiger partial charge in [0.05, 0.1) is 5.39 Å². The van der Waals surface area contributed by atoms with E-state index in [-0.39, 0.29) is 23.2 Å². The molecule has 6 nitrogen and oxygen atoms in total. The van der Waals surface area contributed by atoms with E-state index >= 15 is 0 Å². The monoisotopic (exact) mass is 431 g/mol. The van der Waals surface area contributed by atoms with Gasteiger partial charge in [0.2, 0.25) is 5.43 Å². The first kappa shape index (κ1) is 20.5. The number of benzene rings is 3. The molecule has 0 spiro atoms. The minimum Gasteiger partial charge on any atom is -0.507 e. The maximum Gasteiger partial charge on any atom is 0.204 e. The maximum absolute atomic E-state index is 12.7. The minimum absolute atomic E-state index is 0.101. The molecule has 0 aliphatic heterocycles. The van der Waals surface area contributed by atoms with Crippen LogP contribution in [0.4, 0.5) is 0 Å². The minimum atomic E-state index is -0.663. The Balaban J connectivity index is 1.21. The summed E-state index contributed by atoms with van der Waals surface area (Å²) in [4.78, 5) is 12.7. The van der Waals surface area contributed by atoms with Gasteiger partial charge in [-0.3, -0.25) is 4.79 Å². The summed E-state index contributed by atoms with van der Waals surface area (Å²) < 4.78 is 11.5. The SMILES string of the molecule is O=c1c2ccc(OCC(O)CNC3CCc4ccccc4C3)cc2oc2cccc(O)c12. The third kappa shape index (κ3) is 4.07. The zero-order chi connectivity index (χ0) is 22.1. The molecule has 0 amide bonds. The van der Waals surface area contributed by atoms with Crippen LogP contribution in [0.5, 0.6) is 11.5 Å². The van der Waals surface area contributed by atoms with E-state index in [9.17, 15) is 15.0 Å². The summed E-state index contributed by atoms with van der Waals surface area (Å²) in [5, 5.41) is 24.3. The highest BCUT2D eigenvalue weighted by Gasteiger charge is 2.19. The van der Waals surface area contributed by atoms with Crippen LogP contribution >= 0.6 is 0 Å². The second-order valence-corrected chi connectivity index (χ2v) is 8.32. The normalized spacial score (nSPS) is 16.7. The molecule has 1 heterocycles. The van der Waals surface area contributed by atoms with Crippen LogP contribution in [-0.4, -0.2) is 35.5 Å². The number of phenols is 1. The molecule has 2 atom stereocenters. The van der Waals surface area contributed by atoms with Crippen molar-refractivity contribution in [2.24, 2.45) is 0 Å². The molecule has 3 aromatic carbocycles. The van der Waals surface area contributed by atoms with Crippen LogP contribution in [0.2, 0.25) is 0 Å². The summed E-state index contributed by atoms with van der Waals surface area (Å²) in [5.74, 6) is 0.404. The Morgan fingerprint density at radius 1 is 1.06 bits per heavy atom. The Morgan fingerprint density at radius 3 is 2.78 bits per heavy atom. The van der Waals surface area contributed by atoms with Gasteiger partial charge in [-0.2, -0.15) is 0 Å². The number of aliphatic hydroxyl groups excluding tert-OH is 1. The quantitative estimate of drug-likeness (QED) is 0.405. The van der Waals surface area contributed by atoms with Crippen molar-refractivity contribution in [1.29, 1.82) is 0 Å². The average Bonchev–Trinajstić information content (AvgIpc) is 2.81. The fraction of sp³-hybridized carbons (Fsp3) is 0.269. The van der Waals surface area contributed by atoms with Crippen molar-refractivity contribution >= 4 is 21.9 Å². The molecule has 6 heteroatoms. The lowest BCUT2D eigenvalue weighted by molar-refractivity contribution is 0.103. The number of rotatable bonds is 6. The van der Waals surface area contributed by atoms with Crippen molar-refractivity contribution in [3.05, 3.63) is 82.0 Å². The van der Waals surface area contributed by atoms with Crippen molar-refractivity contribution in [2.75, 3.05) is 13.2 Å². The van der Waals surface area contributed by atoms with Crippen LogP contribution in [0, 0.1) is 0 Å². The Labute approximate surface area is 185 Å². The van der Waals surface area contributed by atoms with Crippen LogP contribution in [0.3, 0.4) is 0 Å². The third-order valence-electron chi connectivity index (χ3n) is 6.08. The van der Waals surface area contributed by atoms with Crippen LogP contribution in [0.1, 0.15) is 17.5 Å². The molecule has 0 bridgehead atoms. The summed E-state index contributed by atoms with van der Waals surface area (Å²) in [6.45, 7) is 0.569. The molecule has 5 rings (SSSR count). The Morgan fingerprint density at radius 2 is 1.91 bits per heavy atom. The number of aliphatic hydroxyl groups is 1. The number of hydrogen-bond donors (Lipinski definition) is 3. The van der Waals surface area contributed by atoms with E-state index in [0.29, 0.717) is 34.9 Å². The van der Waals surface area contributed by atoms with E-state index in [1.54, 1.807) is 30.3 Å². The Kier molecular flexibility index (Phi) is 5.55. The summed E-state index contributed by atoms with van der Waals surface area (Å²) in [7, 11) is 0. The molecule has 0 fully saturated rings. The van der Waals surface area contributed by atoms with Crippen molar-refractivity contribution in [1.82, 2.24) is 5.32 Å². The predicted octanol–water partition coefficient (Wildman–Crippen LogP) is 3.54. The molecule has 0 saturated carbocycles. The summed E-state index contributed by atoms with van der Waals surface area (Å²) in [5.41, 5.74) is 3.20. The second-order valence-electron chi connectivity index (χ2n) is 8.32. The number of aryl methyl sites for hydroxylation is 1. The van der Waals surface area contributed by atoms with Gasteiger partial charge in [0.15, 0.2) is 0 Å². The molecule has 1 aromatic heterocycles. The zero-order valence-electron chi connectivity index (χ0n) is 17.6. The van der Waals surface area contributed by atoms with Crippen molar-refractivity contribution in [3.63, 3.8) is 0 Å². The summed E-state index contributed by atoms with van der Waals surface area (Å²) in [6.07, 6.45) is 2.41. The van der Waals surface area contributed by atoms with Gasteiger partial charge in [0, 0.05) is 18.7 Å². The summed E-state index contributed by atoms with van der Waals surface area (Å²) in [6, 6.07) is 18.5. The molecule has 0 radical (unpaired) electrons. The van der Waals surface area contributed by atoms with Crippen molar-refractivity contribution < 1.29 is 19.4 Å². The molecule has 164 valence electrons. The van der Waals surface area contributed by atoms with E-state index in [1.165, 1.54) is 17.2 Å². The maximum atomic E-state index is 12.7. The van der Waals surface area contributed by atoms with Crippen molar-refractivity contribution in [3.8, 4) is 11.5 Å². The lowest BCUT2D eigenvalue weighted by atomic mass is 9.88. The third-order valence-corrected chi connectivity index (χ3v) is 6.08. The molecule has 32 heavy (non-hydrogen) atoms. The van der Waals surface area contributed by atoms with E-state index in [0.717, 1.165) is 19.3 Å². The van der Waals surface area contributed by atoms with Crippen LogP contribution < -0.4 is 15.5 Å². The topological polar surface area (TPSA) is 91.9 Å².